The fraction of sp³-hybridized carbons (Fsp3) is 0.700. The first-order valence-corrected chi connectivity index (χ1v) is 5.02. The molecule has 1 rings (SSSR count). The highest BCUT2D eigenvalue weighted by atomic mass is 16.3. The second-order valence-electron chi connectivity index (χ2n) is 3.90. The van der Waals surface area contributed by atoms with Gasteiger partial charge in [0, 0.05) is 24.3 Å². The first-order chi connectivity index (χ1) is 6.56. The SMILES string of the molecule is CCn1cc(C(O)C(N)C(C)C)cn1. The summed E-state index contributed by atoms with van der Waals surface area (Å²) in [6.45, 7) is 6.81. The van der Waals surface area contributed by atoms with Crippen molar-refractivity contribution in [3.05, 3.63) is 18.0 Å². The molecular formula is C10H19N3O. The van der Waals surface area contributed by atoms with Crippen LogP contribution in [0.1, 0.15) is 32.4 Å². The Hall–Kier alpha value is -0.870. The Kier molecular flexibility index (Phi) is 3.66. The second-order valence-corrected chi connectivity index (χ2v) is 3.90. The van der Waals surface area contributed by atoms with E-state index < -0.39 is 6.10 Å². The summed E-state index contributed by atoms with van der Waals surface area (Å²) in [6.07, 6.45) is 2.90. The van der Waals surface area contributed by atoms with Gasteiger partial charge in [-0.25, -0.2) is 0 Å². The van der Waals surface area contributed by atoms with Gasteiger partial charge < -0.3 is 10.8 Å². The van der Waals surface area contributed by atoms with Crippen molar-refractivity contribution in [3.63, 3.8) is 0 Å². The van der Waals surface area contributed by atoms with E-state index >= 15 is 0 Å². The van der Waals surface area contributed by atoms with E-state index in [4.69, 9.17) is 5.73 Å². The average molecular weight is 197 g/mol. The molecule has 1 heterocycles. The largest absolute Gasteiger partial charge is 0.387 e. The zero-order valence-electron chi connectivity index (χ0n) is 9.01. The lowest BCUT2D eigenvalue weighted by molar-refractivity contribution is 0.125. The van der Waals surface area contributed by atoms with Crippen molar-refractivity contribution >= 4 is 0 Å². The lowest BCUT2D eigenvalue weighted by Crippen LogP contribution is -2.33. The van der Waals surface area contributed by atoms with Crippen molar-refractivity contribution in [1.82, 2.24) is 9.78 Å². The van der Waals surface area contributed by atoms with Crippen molar-refractivity contribution in [2.45, 2.75) is 39.5 Å². The molecule has 0 saturated carbocycles. The van der Waals surface area contributed by atoms with Crippen LogP contribution in [0, 0.1) is 5.92 Å². The lowest BCUT2D eigenvalue weighted by atomic mass is 9.96. The molecule has 14 heavy (non-hydrogen) atoms. The summed E-state index contributed by atoms with van der Waals surface area (Å²) in [5.74, 6) is 0.259. The van der Waals surface area contributed by atoms with Gasteiger partial charge in [-0.2, -0.15) is 5.10 Å². The fourth-order valence-corrected chi connectivity index (χ4v) is 1.29. The molecule has 0 radical (unpaired) electrons. The molecule has 4 heteroatoms. The maximum absolute atomic E-state index is 9.89. The minimum Gasteiger partial charge on any atom is -0.387 e. The van der Waals surface area contributed by atoms with E-state index in [0.29, 0.717) is 0 Å². The van der Waals surface area contributed by atoms with E-state index in [2.05, 4.69) is 5.10 Å². The van der Waals surface area contributed by atoms with Crippen LogP contribution in [0.15, 0.2) is 12.4 Å². The molecular weight excluding hydrogens is 178 g/mol. The number of hydrogen-bond acceptors (Lipinski definition) is 3. The van der Waals surface area contributed by atoms with Crippen LogP contribution in [0.4, 0.5) is 0 Å². The summed E-state index contributed by atoms with van der Waals surface area (Å²) < 4.78 is 1.78. The minimum absolute atomic E-state index is 0.232. The van der Waals surface area contributed by atoms with Crippen LogP contribution >= 0.6 is 0 Å². The Morgan fingerprint density at radius 3 is 2.64 bits per heavy atom. The van der Waals surface area contributed by atoms with Gasteiger partial charge >= 0.3 is 0 Å². The van der Waals surface area contributed by atoms with E-state index in [9.17, 15) is 5.11 Å². The maximum Gasteiger partial charge on any atom is 0.0973 e. The minimum atomic E-state index is -0.615. The molecule has 0 aliphatic rings. The van der Waals surface area contributed by atoms with Crippen LogP contribution in [0.5, 0.6) is 0 Å². The highest BCUT2D eigenvalue weighted by Gasteiger charge is 2.20. The number of hydrogen-bond donors (Lipinski definition) is 2. The third-order valence-electron chi connectivity index (χ3n) is 2.45. The van der Waals surface area contributed by atoms with E-state index in [1.165, 1.54) is 0 Å². The predicted octanol–water partition coefficient (Wildman–Crippen LogP) is 0.920. The fourth-order valence-electron chi connectivity index (χ4n) is 1.29. The number of aryl methyl sites for hydroxylation is 1. The van der Waals surface area contributed by atoms with Gasteiger partial charge in [0.1, 0.15) is 0 Å². The van der Waals surface area contributed by atoms with Gasteiger partial charge in [0.2, 0.25) is 0 Å². The van der Waals surface area contributed by atoms with E-state index in [1.807, 2.05) is 27.0 Å². The summed E-state index contributed by atoms with van der Waals surface area (Å²) in [5, 5.41) is 14.0. The second kappa shape index (κ2) is 4.57. The number of nitrogens with zero attached hydrogens (tertiary/aromatic N) is 2. The topological polar surface area (TPSA) is 64.1 Å². The van der Waals surface area contributed by atoms with Crippen molar-refractivity contribution in [2.24, 2.45) is 11.7 Å². The maximum atomic E-state index is 9.89. The Balaban J connectivity index is 2.73. The van der Waals surface area contributed by atoms with Gasteiger partial charge in [-0.15, -0.1) is 0 Å². The number of nitrogens with two attached hydrogens (primary N) is 1. The predicted molar refractivity (Wildman–Crippen MR) is 55.7 cm³/mol. The molecule has 0 spiro atoms. The standard InChI is InChI=1S/C10H19N3O/c1-4-13-6-8(5-12-13)10(14)9(11)7(2)3/h5-7,9-10,14H,4,11H2,1-3H3. The van der Waals surface area contributed by atoms with E-state index in [-0.39, 0.29) is 12.0 Å². The van der Waals surface area contributed by atoms with Crippen molar-refractivity contribution < 1.29 is 5.11 Å². The normalized spacial score (nSPS) is 15.9. The van der Waals surface area contributed by atoms with Crippen LogP contribution in [0.2, 0.25) is 0 Å². The lowest BCUT2D eigenvalue weighted by Gasteiger charge is -2.20. The number of aliphatic hydroxyl groups excluding tert-OH is 1. The van der Waals surface area contributed by atoms with Crippen LogP contribution in [0.3, 0.4) is 0 Å². The van der Waals surface area contributed by atoms with Gasteiger partial charge in [-0.05, 0) is 12.8 Å². The Morgan fingerprint density at radius 2 is 2.21 bits per heavy atom. The van der Waals surface area contributed by atoms with Crippen LogP contribution in [-0.2, 0) is 6.54 Å². The molecule has 0 saturated heterocycles. The zero-order chi connectivity index (χ0) is 10.7. The molecule has 1 aromatic heterocycles. The molecule has 0 aliphatic heterocycles. The molecule has 0 aromatic carbocycles. The van der Waals surface area contributed by atoms with Crippen molar-refractivity contribution in [2.75, 3.05) is 0 Å². The van der Waals surface area contributed by atoms with Gasteiger partial charge in [-0.3, -0.25) is 4.68 Å². The van der Waals surface area contributed by atoms with E-state index in [1.54, 1.807) is 10.9 Å². The van der Waals surface area contributed by atoms with Crippen molar-refractivity contribution in [1.29, 1.82) is 0 Å². The molecule has 4 nitrogen and oxygen atoms in total. The van der Waals surface area contributed by atoms with Crippen LogP contribution in [0.25, 0.3) is 0 Å². The molecule has 80 valence electrons. The Bertz CT molecular complexity index is 283. The van der Waals surface area contributed by atoms with Crippen molar-refractivity contribution in [3.8, 4) is 0 Å². The quantitative estimate of drug-likeness (QED) is 0.754. The molecule has 3 N–H and O–H groups in total. The average Bonchev–Trinajstić information content (AvgIpc) is 2.63. The molecule has 1 aromatic rings. The summed E-state index contributed by atoms with van der Waals surface area (Å²) in [7, 11) is 0. The van der Waals surface area contributed by atoms with Gasteiger partial charge in [-0.1, -0.05) is 13.8 Å². The summed E-state index contributed by atoms with van der Waals surface area (Å²) in [6, 6.07) is -0.232. The molecule has 0 aliphatic carbocycles. The first-order valence-electron chi connectivity index (χ1n) is 5.02. The third kappa shape index (κ3) is 2.33. The molecule has 0 bridgehead atoms. The van der Waals surface area contributed by atoms with Gasteiger partial charge in [0.15, 0.2) is 0 Å². The van der Waals surface area contributed by atoms with Crippen LogP contribution in [-0.4, -0.2) is 20.9 Å². The highest BCUT2D eigenvalue weighted by Crippen LogP contribution is 2.19. The molecule has 0 amide bonds. The van der Waals surface area contributed by atoms with Gasteiger partial charge in [0.05, 0.1) is 12.3 Å². The van der Waals surface area contributed by atoms with E-state index in [0.717, 1.165) is 12.1 Å². The van der Waals surface area contributed by atoms with Crippen LogP contribution < -0.4 is 5.73 Å². The molecule has 2 atom stereocenters. The summed E-state index contributed by atoms with van der Waals surface area (Å²) >= 11 is 0. The van der Waals surface area contributed by atoms with Gasteiger partial charge in [0.25, 0.3) is 0 Å². The summed E-state index contributed by atoms with van der Waals surface area (Å²) in [5.41, 5.74) is 6.65. The molecule has 2 unspecified atom stereocenters. The zero-order valence-corrected chi connectivity index (χ0v) is 9.01. The summed E-state index contributed by atoms with van der Waals surface area (Å²) in [4.78, 5) is 0. The third-order valence-corrected chi connectivity index (χ3v) is 2.45. The number of aliphatic hydroxyl groups is 1. The highest BCUT2D eigenvalue weighted by molar-refractivity contribution is 5.10. The Labute approximate surface area is 84.7 Å². The first kappa shape index (κ1) is 11.2. The number of aromatic nitrogens is 2. The monoisotopic (exact) mass is 197 g/mol. The number of rotatable bonds is 4. The Morgan fingerprint density at radius 1 is 1.57 bits per heavy atom. The molecule has 0 fully saturated rings. The smallest absolute Gasteiger partial charge is 0.0973 e.